The lowest BCUT2D eigenvalue weighted by molar-refractivity contribution is 0.0763. The molecule has 0 spiro atoms. The van der Waals surface area contributed by atoms with Crippen molar-refractivity contribution in [2.45, 2.75) is 25.9 Å². The number of carbonyl (C=O) groups is 1. The van der Waals surface area contributed by atoms with Crippen LogP contribution in [0.2, 0.25) is 0 Å². The zero-order valence-corrected chi connectivity index (χ0v) is 13.0. The second kappa shape index (κ2) is 6.78. The highest BCUT2D eigenvalue weighted by molar-refractivity contribution is 5.93. The van der Waals surface area contributed by atoms with Crippen LogP contribution in [0.15, 0.2) is 31.0 Å². The highest BCUT2D eigenvalue weighted by Crippen LogP contribution is 2.22. The third-order valence-corrected chi connectivity index (χ3v) is 4.05. The van der Waals surface area contributed by atoms with Crippen molar-refractivity contribution in [3.63, 3.8) is 0 Å². The number of aliphatic hydroxyl groups excluding tert-OH is 1. The first-order valence-corrected chi connectivity index (χ1v) is 7.70. The first-order chi connectivity index (χ1) is 11.2. The third kappa shape index (κ3) is 3.50. The molecule has 0 saturated carbocycles. The van der Waals surface area contributed by atoms with E-state index in [0.717, 1.165) is 12.1 Å². The van der Waals surface area contributed by atoms with E-state index >= 15 is 0 Å². The second-order valence-electron chi connectivity index (χ2n) is 5.68. The van der Waals surface area contributed by atoms with Crippen LogP contribution >= 0.6 is 0 Å². The summed E-state index contributed by atoms with van der Waals surface area (Å²) in [6.07, 6.45) is 8.82. The van der Waals surface area contributed by atoms with E-state index in [-0.39, 0.29) is 11.8 Å². The topological polar surface area (TPSA) is 92.1 Å². The average Bonchev–Trinajstić information content (AvgIpc) is 2.96. The fourth-order valence-electron chi connectivity index (χ4n) is 2.75. The van der Waals surface area contributed by atoms with Gasteiger partial charge in [-0.05, 0) is 6.42 Å². The van der Waals surface area contributed by atoms with Gasteiger partial charge in [-0.15, -0.1) is 0 Å². The Morgan fingerprint density at radius 1 is 1.22 bits per heavy atom. The van der Waals surface area contributed by atoms with Crippen molar-refractivity contribution in [2.75, 3.05) is 13.1 Å². The maximum absolute atomic E-state index is 12.5. The first kappa shape index (κ1) is 15.5. The van der Waals surface area contributed by atoms with Crippen LogP contribution in [-0.4, -0.2) is 55.0 Å². The van der Waals surface area contributed by atoms with Gasteiger partial charge in [-0.3, -0.25) is 14.8 Å². The van der Waals surface area contributed by atoms with Crippen molar-refractivity contribution in [2.24, 2.45) is 5.92 Å². The molecular formula is C16H19N5O2. The van der Waals surface area contributed by atoms with E-state index in [2.05, 4.69) is 19.9 Å². The number of nitrogens with zero attached hydrogens (tertiary/aromatic N) is 5. The quantitative estimate of drug-likeness (QED) is 0.884. The predicted molar refractivity (Wildman–Crippen MR) is 82.5 cm³/mol. The molecule has 23 heavy (non-hydrogen) atoms. The number of hydrogen-bond acceptors (Lipinski definition) is 6. The monoisotopic (exact) mass is 313 g/mol. The predicted octanol–water partition coefficient (Wildman–Crippen LogP) is 0.505. The standard InChI is InChI=1S/C16H19N5O2/c1-2-15-19-6-12(7-20-15)16(23)21-9-11(14(22)10-21)5-13-8-17-3-4-18-13/h3-4,6-8,11,14,22H,2,5,9-10H2,1H3/t11-,14-/m1/s1. The van der Waals surface area contributed by atoms with Crippen LogP contribution in [0.3, 0.4) is 0 Å². The van der Waals surface area contributed by atoms with Gasteiger partial charge in [0.05, 0.1) is 17.4 Å². The van der Waals surface area contributed by atoms with Gasteiger partial charge in [0.1, 0.15) is 5.82 Å². The zero-order valence-electron chi connectivity index (χ0n) is 13.0. The van der Waals surface area contributed by atoms with Crippen molar-refractivity contribution in [1.29, 1.82) is 0 Å². The van der Waals surface area contributed by atoms with Gasteiger partial charge in [0.15, 0.2) is 0 Å². The molecule has 7 nitrogen and oxygen atoms in total. The largest absolute Gasteiger partial charge is 0.391 e. The summed E-state index contributed by atoms with van der Waals surface area (Å²) in [7, 11) is 0. The molecule has 3 heterocycles. The molecule has 0 aliphatic carbocycles. The summed E-state index contributed by atoms with van der Waals surface area (Å²) < 4.78 is 0. The SMILES string of the molecule is CCc1ncc(C(=O)N2C[C@@H](Cc3cnccn3)[C@H](O)C2)cn1. The van der Waals surface area contributed by atoms with Crippen LogP contribution in [0.1, 0.15) is 28.8 Å². The molecule has 0 aromatic carbocycles. The highest BCUT2D eigenvalue weighted by atomic mass is 16.3. The molecule has 120 valence electrons. The van der Waals surface area contributed by atoms with E-state index in [0.29, 0.717) is 30.9 Å². The van der Waals surface area contributed by atoms with Crippen LogP contribution < -0.4 is 0 Å². The highest BCUT2D eigenvalue weighted by Gasteiger charge is 2.34. The lowest BCUT2D eigenvalue weighted by Crippen LogP contribution is -2.29. The number of β-amino-alcohol motifs (C(OH)–C–C–N with tert-alkyl or cyclic N) is 1. The number of carbonyl (C=O) groups excluding carboxylic acids is 1. The van der Waals surface area contributed by atoms with Gasteiger partial charge in [0.25, 0.3) is 5.91 Å². The van der Waals surface area contributed by atoms with Crippen molar-refractivity contribution in [1.82, 2.24) is 24.8 Å². The molecule has 1 saturated heterocycles. The summed E-state index contributed by atoms with van der Waals surface area (Å²) in [6, 6.07) is 0. The number of hydrogen-bond donors (Lipinski definition) is 1. The van der Waals surface area contributed by atoms with Crippen molar-refractivity contribution >= 4 is 5.91 Å². The van der Waals surface area contributed by atoms with Crippen LogP contribution in [-0.2, 0) is 12.8 Å². The number of aliphatic hydroxyl groups is 1. The van der Waals surface area contributed by atoms with E-state index in [4.69, 9.17) is 0 Å². The van der Waals surface area contributed by atoms with Crippen LogP contribution in [0.25, 0.3) is 0 Å². The van der Waals surface area contributed by atoms with Gasteiger partial charge < -0.3 is 10.0 Å². The van der Waals surface area contributed by atoms with Crippen molar-refractivity contribution in [3.05, 3.63) is 48.1 Å². The van der Waals surface area contributed by atoms with Crippen LogP contribution in [0, 0.1) is 5.92 Å². The molecule has 1 aliphatic heterocycles. The Balaban J connectivity index is 1.66. The summed E-state index contributed by atoms with van der Waals surface area (Å²) >= 11 is 0. The molecule has 1 amide bonds. The average molecular weight is 313 g/mol. The van der Waals surface area contributed by atoms with Gasteiger partial charge in [-0.25, -0.2) is 9.97 Å². The molecule has 0 unspecified atom stereocenters. The molecule has 0 radical (unpaired) electrons. The van der Waals surface area contributed by atoms with Gasteiger partial charge in [0.2, 0.25) is 0 Å². The fraction of sp³-hybridized carbons (Fsp3) is 0.438. The molecule has 1 aliphatic rings. The number of aryl methyl sites for hydroxylation is 1. The molecule has 2 atom stereocenters. The van der Waals surface area contributed by atoms with E-state index in [1.807, 2.05) is 6.92 Å². The van der Waals surface area contributed by atoms with Crippen molar-refractivity contribution in [3.8, 4) is 0 Å². The lowest BCUT2D eigenvalue weighted by Gasteiger charge is -2.15. The molecule has 0 bridgehead atoms. The molecule has 7 heteroatoms. The lowest BCUT2D eigenvalue weighted by atomic mass is 10.0. The van der Waals surface area contributed by atoms with E-state index in [1.165, 1.54) is 0 Å². The Morgan fingerprint density at radius 2 is 2.00 bits per heavy atom. The minimum Gasteiger partial charge on any atom is -0.391 e. The maximum atomic E-state index is 12.5. The molecule has 2 aromatic heterocycles. The number of rotatable bonds is 4. The second-order valence-corrected chi connectivity index (χ2v) is 5.68. The number of amides is 1. The summed E-state index contributed by atoms with van der Waals surface area (Å²) in [6.45, 7) is 2.77. The third-order valence-electron chi connectivity index (χ3n) is 4.05. The fourth-order valence-corrected chi connectivity index (χ4v) is 2.75. The zero-order chi connectivity index (χ0) is 16.2. The Bertz CT molecular complexity index is 662. The van der Waals surface area contributed by atoms with Crippen LogP contribution in [0.5, 0.6) is 0 Å². The van der Waals surface area contributed by atoms with E-state index in [1.54, 1.807) is 35.9 Å². The van der Waals surface area contributed by atoms with Gasteiger partial charge in [-0.2, -0.15) is 0 Å². The normalized spacial score (nSPS) is 20.7. The molecule has 2 aromatic rings. The Hall–Kier alpha value is -2.41. The summed E-state index contributed by atoms with van der Waals surface area (Å²) in [4.78, 5) is 30.7. The molecule has 1 N–H and O–H groups in total. The Morgan fingerprint density at radius 3 is 2.65 bits per heavy atom. The van der Waals surface area contributed by atoms with E-state index in [9.17, 15) is 9.90 Å². The summed E-state index contributed by atoms with van der Waals surface area (Å²) in [5, 5.41) is 10.2. The number of aromatic nitrogens is 4. The summed E-state index contributed by atoms with van der Waals surface area (Å²) in [5.74, 6) is 0.531. The van der Waals surface area contributed by atoms with Gasteiger partial charge >= 0.3 is 0 Å². The minimum absolute atomic E-state index is 0.0357. The van der Waals surface area contributed by atoms with Crippen LogP contribution in [0.4, 0.5) is 0 Å². The van der Waals surface area contributed by atoms with Gasteiger partial charge in [-0.1, -0.05) is 6.92 Å². The van der Waals surface area contributed by atoms with Gasteiger partial charge in [0, 0.05) is 56.4 Å². The smallest absolute Gasteiger partial charge is 0.257 e. The first-order valence-electron chi connectivity index (χ1n) is 7.70. The Kier molecular flexibility index (Phi) is 4.57. The van der Waals surface area contributed by atoms with Crippen molar-refractivity contribution < 1.29 is 9.90 Å². The minimum atomic E-state index is -0.559. The Labute approximate surface area is 134 Å². The molecule has 1 fully saturated rings. The summed E-state index contributed by atoms with van der Waals surface area (Å²) in [5.41, 5.74) is 1.27. The molecule has 3 rings (SSSR count). The maximum Gasteiger partial charge on any atom is 0.257 e. The van der Waals surface area contributed by atoms with E-state index < -0.39 is 6.10 Å². The number of likely N-dealkylation sites (tertiary alicyclic amines) is 1. The molecular weight excluding hydrogens is 294 g/mol.